The molecule has 25 heavy (non-hydrogen) atoms. The van der Waals surface area contributed by atoms with Crippen LogP contribution >= 0.6 is 0 Å². The standard InChI is InChI=1S/C15H25N5O4S/c1-10-16-17-14(24-10)15(21)20-6-5-11-7-13(8-12(11)9-20)19(4)25(22,23)18(2)3/h11-13H,5-9H2,1-4H3/t11-,12-,13+/m1/s1. The van der Waals surface area contributed by atoms with Gasteiger partial charge in [-0.2, -0.15) is 17.0 Å². The Bertz CT molecular complexity index is 747. The lowest BCUT2D eigenvalue weighted by atomic mass is 9.89. The van der Waals surface area contributed by atoms with Crippen LogP contribution in [0.15, 0.2) is 4.42 Å². The highest BCUT2D eigenvalue weighted by molar-refractivity contribution is 7.86. The van der Waals surface area contributed by atoms with Crippen LogP contribution in [0.3, 0.4) is 0 Å². The molecule has 2 fully saturated rings. The van der Waals surface area contributed by atoms with Gasteiger partial charge in [0.05, 0.1) is 0 Å². The van der Waals surface area contributed by atoms with E-state index in [9.17, 15) is 13.2 Å². The largest absolute Gasteiger partial charge is 0.417 e. The van der Waals surface area contributed by atoms with Crippen LogP contribution in [0.5, 0.6) is 0 Å². The van der Waals surface area contributed by atoms with Crippen molar-refractivity contribution in [2.24, 2.45) is 11.8 Å². The van der Waals surface area contributed by atoms with Crippen molar-refractivity contribution < 1.29 is 17.6 Å². The zero-order valence-corrected chi connectivity index (χ0v) is 15.9. The maximum absolute atomic E-state index is 12.5. The summed E-state index contributed by atoms with van der Waals surface area (Å²) in [7, 11) is 1.30. The zero-order chi connectivity index (χ0) is 18.4. The van der Waals surface area contributed by atoms with Gasteiger partial charge in [0, 0.05) is 47.2 Å². The second-order valence-electron chi connectivity index (χ2n) is 7.12. The van der Waals surface area contributed by atoms with Crippen LogP contribution in [0.1, 0.15) is 35.8 Å². The molecule has 2 heterocycles. The molecular formula is C15H25N5O4S. The summed E-state index contributed by atoms with van der Waals surface area (Å²) in [5, 5.41) is 7.51. The third-order valence-electron chi connectivity index (χ3n) is 5.38. The minimum absolute atomic E-state index is 0.0249. The molecule has 0 aromatic carbocycles. The van der Waals surface area contributed by atoms with Crippen molar-refractivity contribution in [3.63, 3.8) is 0 Å². The number of carbonyl (C=O) groups excluding carboxylic acids is 1. The van der Waals surface area contributed by atoms with Crippen molar-refractivity contribution in [3.05, 3.63) is 11.8 Å². The summed E-state index contributed by atoms with van der Waals surface area (Å²) in [6, 6.07) is -0.0249. The van der Waals surface area contributed by atoms with Crippen LogP contribution in [0.2, 0.25) is 0 Å². The molecule has 9 nitrogen and oxygen atoms in total. The van der Waals surface area contributed by atoms with Crippen molar-refractivity contribution in [1.82, 2.24) is 23.7 Å². The number of amides is 1. The smallest absolute Gasteiger partial charge is 0.311 e. The summed E-state index contributed by atoms with van der Waals surface area (Å²) in [6.07, 6.45) is 2.48. The molecule has 3 rings (SSSR count). The van der Waals surface area contributed by atoms with Crippen molar-refractivity contribution in [3.8, 4) is 0 Å². The van der Waals surface area contributed by atoms with E-state index >= 15 is 0 Å². The first-order chi connectivity index (χ1) is 11.7. The molecule has 0 bridgehead atoms. The normalized spacial score (nSPS) is 27.1. The van der Waals surface area contributed by atoms with Crippen LogP contribution in [0, 0.1) is 18.8 Å². The molecule has 1 aromatic heterocycles. The van der Waals surface area contributed by atoms with Gasteiger partial charge in [0.1, 0.15) is 0 Å². The summed E-state index contributed by atoms with van der Waals surface area (Å²) in [6.45, 7) is 2.90. The van der Waals surface area contributed by atoms with Gasteiger partial charge >= 0.3 is 11.8 Å². The molecule has 1 aliphatic heterocycles. The lowest BCUT2D eigenvalue weighted by molar-refractivity contribution is 0.0586. The molecule has 1 aliphatic carbocycles. The molecule has 1 amide bonds. The fourth-order valence-electron chi connectivity index (χ4n) is 3.90. The number of hydrogen-bond acceptors (Lipinski definition) is 6. The molecule has 1 saturated heterocycles. The van der Waals surface area contributed by atoms with Gasteiger partial charge in [0.2, 0.25) is 5.89 Å². The summed E-state index contributed by atoms with van der Waals surface area (Å²) < 4.78 is 32.6. The van der Waals surface area contributed by atoms with E-state index in [0.29, 0.717) is 30.8 Å². The molecule has 140 valence electrons. The van der Waals surface area contributed by atoms with Crippen molar-refractivity contribution >= 4 is 16.1 Å². The fourth-order valence-corrected chi connectivity index (χ4v) is 4.96. The Kier molecular flexibility index (Phi) is 4.86. The predicted octanol–water partition coefficient (Wildman–Crippen LogP) is 0.357. The predicted molar refractivity (Wildman–Crippen MR) is 89.9 cm³/mol. The first kappa shape index (κ1) is 18.3. The van der Waals surface area contributed by atoms with E-state index in [2.05, 4.69) is 10.2 Å². The van der Waals surface area contributed by atoms with Crippen molar-refractivity contribution in [2.45, 2.75) is 32.2 Å². The average Bonchev–Trinajstić information content (AvgIpc) is 3.18. The van der Waals surface area contributed by atoms with Gasteiger partial charge in [0.15, 0.2) is 0 Å². The maximum atomic E-state index is 12.5. The summed E-state index contributed by atoms with van der Waals surface area (Å²) >= 11 is 0. The Morgan fingerprint density at radius 2 is 1.88 bits per heavy atom. The van der Waals surface area contributed by atoms with E-state index in [1.165, 1.54) is 8.61 Å². The Labute approximate surface area is 148 Å². The highest BCUT2D eigenvalue weighted by Crippen LogP contribution is 2.40. The van der Waals surface area contributed by atoms with Gasteiger partial charge in [-0.25, -0.2) is 0 Å². The van der Waals surface area contributed by atoms with E-state index < -0.39 is 10.2 Å². The summed E-state index contributed by atoms with van der Waals surface area (Å²) in [4.78, 5) is 14.2. The van der Waals surface area contributed by atoms with Gasteiger partial charge in [0.25, 0.3) is 10.2 Å². The van der Waals surface area contributed by atoms with Gasteiger partial charge in [-0.05, 0) is 31.1 Å². The first-order valence-corrected chi connectivity index (χ1v) is 9.84. The van der Waals surface area contributed by atoms with E-state index in [4.69, 9.17) is 4.42 Å². The number of likely N-dealkylation sites (tertiary alicyclic amines) is 1. The molecule has 0 N–H and O–H groups in total. The molecule has 0 spiro atoms. The van der Waals surface area contributed by atoms with Gasteiger partial charge in [-0.15, -0.1) is 10.2 Å². The van der Waals surface area contributed by atoms with Gasteiger partial charge in [-0.3, -0.25) is 4.79 Å². The highest BCUT2D eigenvalue weighted by atomic mass is 32.2. The Morgan fingerprint density at radius 3 is 2.48 bits per heavy atom. The SMILES string of the molecule is Cc1nnc(C(=O)N2CC[C@@H]3C[C@H](N(C)S(=O)(=O)N(C)C)C[C@@H]3C2)o1. The van der Waals surface area contributed by atoms with Gasteiger partial charge < -0.3 is 9.32 Å². The monoisotopic (exact) mass is 371 g/mol. The third kappa shape index (κ3) is 3.42. The topological polar surface area (TPSA) is 99.8 Å². The number of nitrogens with zero attached hydrogens (tertiary/aromatic N) is 5. The van der Waals surface area contributed by atoms with Crippen LogP contribution in [0.4, 0.5) is 0 Å². The number of carbonyl (C=O) groups is 1. The number of hydrogen-bond donors (Lipinski definition) is 0. The van der Waals surface area contributed by atoms with Crippen LogP contribution in [-0.4, -0.2) is 78.3 Å². The maximum Gasteiger partial charge on any atom is 0.311 e. The Hall–Kier alpha value is -1.52. The van der Waals surface area contributed by atoms with Gasteiger partial charge in [-0.1, -0.05) is 0 Å². The van der Waals surface area contributed by atoms with E-state index in [-0.39, 0.29) is 17.8 Å². The molecule has 1 saturated carbocycles. The minimum Gasteiger partial charge on any atom is -0.417 e. The zero-order valence-electron chi connectivity index (χ0n) is 15.0. The molecule has 0 radical (unpaired) electrons. The molecule has 1 aromatic rings. The summed E-state index contributed by atoms with van der Waals surface area (Å²) in [5.74, 6) is 0.897. The molecule has 3 atom stereocenters. The number of aryl methyl sites for hydroxylation is 1. The Balaban J connectivity index is 1.66. The lowest BCUT2D eigenvalue weighted by Crippen LogP contribution is -2.43. The highest BCUT2D eigenvalue weighted by Gasteiger charge is 2.43. The minimum atomic E-state index is -3.42. The van der Waals surface area contributed by atoms with Crippen LogP contribution < -0.4 is 0 Å². The number of fused-ring (bicyclic) bond motifs is 1. The number of rotatable bonds is 4. The molecule has 2 aliphatic rings. The van der Waals surface area contributed by atoms with Crippen LogP contribution in [0.25, 0.3) is 0 Å². The van der Waals surface area contributed by atoms with E-state index in [1.54, 1.807) is 33.0 Å². The first-order valence-electron chi connectivity index (χ1n) is 8.45. The molecule has 0 unspecified atom stereocenters. The number of aromatic nitrogens is 2. The van der Waals surface area contributed by atoms with Crippen LogP contribution in [-0.2, 0) is 10.2 Å². The van der Waals surface area contributed by atoms with E-state index in [1.807, 2.05) is 0 Å². The molecular weight excluding hydrogens is 346 g/mol. The third-order valence-corrected chi connectivity index (χ3v) is 7.33. The Morgan fingerprint density at radius 1 is 1.20 bits per heavy atom. The van der Waals surface area contributed by atoms with Crippen molar-refractivity contribution in [2.75, 3.05) is 34.2 Å². The number of piperidine rings is 1. The van der Waals surface area contributed by atoms with Crippen molar-refractivity contribution in [1.29, 1.82) is 0 Å². The average molecular weight is 371 g/mol. The lowest BCUT2D eigenvalue weighted by Gasteiger charge is -2.34. The second kappa shape index (κ2) is 6.65. The quantitative estimate of drug-likeness (QED) is 0.757. The second-order valence-corrected chi connectivity index (χ2v) is 9.32. The molecule has 10 heteroatoms. The summed E-state index contributed by atoms with van der Waals surface area (Å²) in [5.41, 5.74) is 0. The fraction of sp³-hybridized carbons (Fsp3) is 0.800. The van der Waals surface area contributed by atoms with E-state index in [0.717, 1.165) is 19.3 Å².